The number of carbonyl (C=O) groups is 3. The van der Waals surface area contributed by atoms with Crippen LogP contribution in [0.5, 0.6) is 0 Å². The van der Waals surface area contributed by atoms with Gasteiger partial charge < -0.3 is 15.4 Å². The van der Waals surface area contributed by atoms with Gasteiger partial charge in [-0.25, -0.2) is 4.39 Å². The van der Waals surface area contributed by atoms with E-state index in [0.29, 0.717) is 5.56 Å². The van der Waals surface area contributed by atoms with Crippen LogP contribution in [0.3, 0.4) is 0 Å². The molecule has 0 aliphatic carbocycles. The Morgan fingerprint density at radius 3 is 2.48 bits per heavy atom. The van der Waals surface area contributed by atoms with E-state index in [-0.39, 0.29) is 17.3 Å². The molecule has 2 aromatic rings. The van der Waals surface area contributed by atoms with Crippen molar-refractivity contribution in [2.24, 2.45) is 0 Å². The summed E-state index contributed by atoms with van der Waals surface area (Å²) in [6, 6.07) is 8.66. The third-order valence-corrected chi connectivity index (χ3v) is 4.04. The van der Waals surface area contributed by atoms with Gasteiger partial charge in [-0.1, -0.05) is 17.7 Å². The van der Waals surface area contributed by atoms with Crippen molar-refractivity contribution in [1.82, 2.24) is 5.32 Å². The van der Waals surface area contributed by atoms with Gasteiger partial charge in [0.05, 0.1) is 10.7 Å². The summed E-state index contributed by atoms with van der Waals surface area (Å²) >= 11 is 5.79. The Morgan fingerprint density at radius 2 is 1.81 bits per heavy atom. The Labute approximate surface area is 160 Å². The Bertz CT molecular complexity index is 886. The number of amides is 2. The lowest BCUT2D eigenvalue weighted by Crippen LogP contribution is -2.32. The number of rotatable bonds is 6. The van der Waals surface area contributed by atoms with Crippen LogP contribution in [0.4, 0.5) is 10.1 Å². The van der Waals surface area contributed by atoms with Crippen molar-refractivity contribution in [3.63, 3.8) is 0 Å². The standard InChI is InChI=1S/C19H18ClFN2O4/c1-11-3-4-13(7-12(11)2)19(26)22-9-18(25)27-10-17(24)23-16-6-5-14(21)8-15(16)20/h3-8H,9-10H2,1-2H3,(H,22,26)(H,23,24). The maximum absolute atomic E-state index is 13.0. The van der Waals surface area contributed by atoms with E-state index in [9.17, 15) is 18.8 Å². The topological polar surface area (TPSA) is 84.5 Å². The number of carbonyl (C=O) groups excluding carboxylic acids is 3. The average Bonchev–Trinajstić information content (AvgIpc) is 2.62. The first kappa shape index (κ1) is 20.4. The molecule has 0 aliphatic rings. The van der Waals surface area contributed by atoms with Crippen molar-refractivity contribution in [3.05, 3.63) is 63.9 Å². The van der Waals surface area contributed by atoms with E-state index in [1.165, 1.54) is 6.07 Å². The first-order chi connectivity index (χ1) is 12.8. The van der Waals surface area contributed by atoms with Gasteiger partial charge in [0.2, 0.25) is 0 Å². The minimum absolute atomic E-state index is 0.0235. The monoisotopic (exact) mass is 392 g/mol. The molecule has 0 saturated carbocycles. The molecular weight excluding hydrogens is 375 g/mol. The molecule has 0 spiro atoms. The van der Waals surface area contributed by atoms with E-state index in [2.05, 4.69) is 10.6 Å². The van der Waals surface area contributed by atoms with E-state index in [0.717, 1.165) is 23.3 Å². The zero-order valence-corrected chi connectivity index (χ0v) is 15.5. The number of hydrogen-bond donors (Lipinski definition) is 2. The second kappa shape index (κ2) is 9.14. The van der Waals surface area contributed by atoms with Crippen molar-refractivity contribution in [2.75, 3.05) is 18.5 Å². The van der Waals surface area contributed by atoms with Gasteiger partial charge in [0, 0.05) is 5.56 Å². The minimum atomic E-state index is -0.771. The summed E-state index contributed by atoms with van der Waals surface area (Å²) in [7, 11) is 0. The van der Waals surface area contributed by atoms with Crippen LogP contribution in [0, 0.1) is 19.7 Å². The van der Waals surface area contributed by atoms with E-state index in [4.69, 9.17) is 16.3 Å². The SMILES string of the molecule is Cc1ccc(C(=O)NCC(=O)OCC(=O)Nc2ccc(F)cc2Cl)cc1C. The lowest BCUT2D eigenvalue weighted by atomic mass is 10.1. The summed E-state index contributed by atoms with van der Waals surface area (Å²) in [6.07, 6.45) is 0. The molecule has 0 aliphatic heterocycles. The Hall–Kier alpha value is -2.93. The fraction of sp³-hybridized carbons (Fsp3) is 0.211. The number of benzene rings is 2. The first-order valence-electron chi connectivity index (χ1n) is 8.02. The zero-order valence-electron chi connectivity index (χ0n) is 14.8. The molecule has 27 heavy (non-hydrogen) atoms. The molecule has 0 aromatic heterocycles. The zero-order chi connectivity index (χ0) is 20.0. The molecule has 2 aromatic carbocycles. The average molecular weight is 393 g/mol. The van der Waals surface area contributed by atoms with Gasteiger partial charge in [-0.3, -0.25) is 14.4 Å². The van der Waals surface area contributed by atoms with Gasteiger partial charge in [-0.2, -0.15) is 0 Å². The second-order valence-electron chi connectivity index (χ2n) is 5.81. The summed E-state index contributed by atoms with van der Waals surface area (Å²) in [4.78, 5) is 35.4. The van der Waals surface area contributed by atoms with Crippen molar-refractivity contribution in [1.29, 1.82) is 0 Å². The third kappa shape index (κ3) is 6.07. The summed E-state index contributed by atoms with van der Waals surface area (Å²) in [5.74, 6) is -2.37. The summed E-state index contributed by atoms with van der Waals surface area (Å²) in [5.41, 5.74) is 2.64. The predicted octanol–water partition coefficient (Wildman–Crippen LogP) is 3.01. The predicted molar refractivity (Wildman–Crippen MR) is 99.2 cm³/mol. The Kier molecular flexibility index (Phi) is 6.90. The largest absolute Gasteiger partial charge is 0.454 e. The molecule has 0 unspecified atom stereocenters. The highest BCUT2D eigenvalue weighted by atomic mass is 35.5. The lowest BCUT2D eigenvalue weighted by molar-refractivity contribution is -0.146. The number of esters is 1. The van der Waals surface area contributed by atoms with Gasteiger partial charge >= 0.3 is 5.97 Å². The van der Waals surface area contributed by atoms with Gasteiger partial charge in [-0.15, -0.1) is 0 Å². The number of aryl methyl sites for hydroxylation is 2. The molecule has 0 bridgehead atoms. The fourth-order valence-corrected chi connectivity index (χ4v) is 2.33. The molecule has 0 fully saturated rings. The van der Waals surface area contributed by atoms with Gasteiger partial charge in [0.25, 0.3) is 11.8 Å². The van der Waals surface area contributed by atoms with Gasteiger partial charge in [-0.05, 0) is 55.3 Å². The highest BCUT2D eigenvalue weighted by Crippen LogP contribution is 2.22. The highest BCUT2D eigenvalue weighted by Gasteiger charge is 2.12. The number of anilines is 1. The molecule has 142 valence electrons. The van der Waals surface area contributed by atoms with Crippen molar-refractivity contribution in [2.45, 2.75) is 13.8 Å². The van der Waals surface area contributed by atoms with Crippen LogP contribution in [0.25, 0.3) is 0 Å². The molecule has 2 amide bonds. The molecule has 2 N–H and O–H groups in total. The number of ether oxygens (including phenoxy) is 1. The smallest absolute Gasteiger partial charge is 0.325 e. The maximum atomic E-state index is 13.0. The molecular formula is C19H18ClFN2O4. The molecule has 2 rings (SSSR count). The highest BCUT2D eigenvalue weighted by molar-refractivity contribution is 6.33. The molecule has 0 heterocycles. The van der Waals surface area contributed by atoms with E-state index < -0.39 is 30.2 Å². The summed E-state index contributed by atoms with van der Waals surface area (Å²) in [6.45, 7) is 2.87. The van der Waals surface area contributed by atoms with Gasteiger partial charge in [0.1, 0.15) is 12.4 Å². The molecule has 0 saturated heterocycles. The fourth-order valence-electron chi connectivity index (χ4n) is 2.11. The van der Waals surface area contributed by atoms with Crippen LogP contribution in [0.1, 0.15) is 21.5 Å². The van der Waals surface area contributed by atoms with Crippen LogP contribution in [-0.4, -0.2) is 30.9 Å². The van der Waals surface area contributed by atoms with E-state index >= 15 is 0 Å². The third-order valence-electron chi connectivity index (χ3n) is 3.73. The van der Waals surface area contributed by atoms with Crippen molar-refractivity contribution >= 4 is 35.1 Å². The number of nitrogens with one attached hydrogen (secondary N) is 2. The van der Waals surface area contributed by atoms with Crippen molar-refractivity contribution < 1.29 is 23.5 Å². The maximum Gasteiger partial charge on any atom is 0.325 e. The molecule has 0 radical (unpaired) electrons. The van der Waals surface area contributed by atoms with Crippen LogP contribution >= 0.6 is 11.6 Å². The van der Waals surface area contributed by atoms with Gasteiger partial charge in [0.15, 0.2) is 6.61 Å². The molecule has 6 nitrogen and oxygen atoms in total. The minimum Gasteiger partial charge on any atom is -0.454 e. The number of halogens is 2. The normalized spacial score (nSPS) is 10.2. The first-order valence-corrected chi connectivity index (χ1v) is 8.40. The Balaban J connectivity index is 1.77. The molecule has 8 heteroatoms. The lowest BCUT2D eigenvalue weighted by Gasteiger charge is -2.09. The Morgan fingerprint density at radius 1 is 1.07 bits per heavy atom. The van der Waals surface area contributed by atoms with Crippen LogP contribution < -0.4 is 10.6 Å². The quantitative estimate of drug-likeness (QED) is 0.740. The van der Waals surface area contributed by atoms with Crippen LogP contribution in [-0.2, 0) is 14.3 Å². The van der Waals surface area contributed by atoms with E-state index in [1.54, 1.807) is 12.1 Å². The summed E-state index contributed by atoms with van der Waals surface area (Å²) in [5, 5.41) is 4.84. The van der Waals surface area contributed by atoms with Crippen molar-refractivity contribution in [3.8, 4) is 0 Å². The van der Waals surface area contributed by atoms with Crippen LogP contribution in [0.2, 0.25) is 5.02 Å². The second-order valence-corrected chi connectivity index (χ2v) is 6.22. The summed E-state index contributed by atoms with van der Waals surface area (Å²) < 4.78 is 17.7. The number of hydrogen-bond acceptors (Lipinski definition) is 4. The van der Waals surface area contributed by atoms with Crippen LogP contribution in [0.15, 0.2) is 36.4 Å². The molecule has 0 atom stereocenters. The van der Waals surface area contributed by atoms with E-state index in [1.807, 2.05) is 19.9 Å².